The van der Waals surface area contributed by atoms with E-state index < -0.39 is 11.8 Å². The second-order valence-corrected chi connectivity index (χ2v) is 6.22. The number of likely N-dealkylation sites (tertiary alicyclic amines) is 1. The lowest BCUT2D eigenvalue weighted by Crippen LogP contribution is -2.53. The van der Waals surface area contributed by atoms with E-state index in [1.165, 1.54) is 0 Å². The summed E-state index contributed by atoms with van der Waals surface area (Å²) >= 11 is 0. The molecule has 1 aliphatic rings. The Morgan fingerprint density at radius 3 is 2.58 bits per heavy atom. The van der Waals surface area contributed by atoms with Crippen LogP contribution in [0.5, 0.6) is 0 Å². The molecule has 0 atom stereocenters. The molecule has 1 saturated heterocycles. The lowest BCUT2D eigenvalue weighted by molar-refractivity contribution is -0.272. The predicted octanol–water partition coefficient (Wildman–Crippen LogP) is 2.37. The molecule has 1 N–H and O–H groups in total. The number of rotatable bonds is 3. The molecule has 0 radical (unpaired) electrons. The van der Waals surface area contributed by atoms with Gasteiger partial charge in [-0.3, -0.25) is 14.6 Å². The Balaban J connectivity index is 1.73. The fourth-order valence-corrected chi connectivity index (χ4v) is 3.00. The summed E-state index contributed by atoms with van der Waals surface area (Å²) in [5.41, 5.74) is 0.0204. The Labute approximate surface area is 137 Å². The molecule has 0 bridgehead atoms. The largest absolute Gasteiger partial charge is 0.417 e. The summed E-state index contributed by atoms with van der Waals surface area (Å²) in [5.74, 6) is 0. The molecule has 3 rings (SSSR count). The van der Waals surface area contributed by atoms with Crippen molar-refractivity contribution in [1.29, 1.82) is 0 Å². The highest BCUT2D eigenvalue weighted by Gasteiger charge is 2.54. The number of hydrogen-bond donors (Lipinski definition) is 1. The Kier molecular flexibility index (Phi) is 4.35. The van der Waals surface area contributed by atoms with Crippen molar-refractivity contribution in [2.24, 2.45) is 7.05 Å². The van der Waals surface area contributed by atoms with Crippen LogP contribution in [0.15, 0.2) is 30.7 Å². The molecule has 24 heavy (non-hydrogen) atoms. The molecule has 130 valence electrons. The second-order valence-electron chi connectivity index (χ2n) is 6.22. The summed E-state index contributed by atoms with van der Waals surface area (Å²) < 4.78 is 40.3. The van der Waals surface area contributed by atoms with E-state index in [0.29, 0.717) is 6.54 Å². The smallest absolute Gasteiger partial charge is 0.380 e. The van der Waals surface area contributed by atoms with Gasteiger partial charge >= 0.3 is 6.18 Å². The lowest BCUT2D eigenvalue weighted by Gasteiger charge is -2.39. The van der Waals surface area contributed by atoms with Gasteiger partial charge < -0.3 is 5.11 Å². The van der Waals surface area contributed by atoms with Gasteiger partial charge in [0, 0.05) is 56.4 Å². The molecule has 0 amide bonds. The SMILES string of the molecule is Cn1cc(CN2CCC(O)(C(F)(F)F)CC2)c(-c2cccnc2)n1. The number of hydrogen-bond acceptors (Lipinski definition) is 4. The Bertz CT molecular complexity index is 691. The zero-order valence-electron chi connectivity index (χ0n) is 13.3. The van der Waals surface area contributed by atoms with Crippen LogP contribution in [-0.2, 0) is 13.6 Å². The van der Waals surface area contributed by atoms with Crippen molar-refractivity contribution < 1.29 is 18.3 Å². The molecular formula is C16H19F3N4O. The highest BCUT2D eigenvalue weighted by Crippen LogP contribution is 2.38. The number of halogens is 3. The molecule has 0 unspecified atom stereocenters. The minimum absolute atomic E-state index is 0.192. The number of piperidine rings is 1. The summed E-state index contributed by atoms with van der Waals surface area (Å²) in [6.07, 6.45) is 0.0677. The van der Waals surface area contributed by atoms with Crippen molar-refractivity contribution in [3.8, 4) is 11.3 Å². The standard InChI is InChI=1S/C16H19F3N4O/c1-22-10-13(14(21-22)12-3-2-6-20-9-12)11-23-7-4-15(24,5-8-23)16(17,18)19/h2-3,6,9-10,24H,4-5,7-8,11H2,1H3. The zero-order valence-corrected chi connectivity index (χ0v) is 13.3. The van der Waals surface area contributed by atoms with Crippen LogP contribution in [0.1, 0.15) is 18.4 Å². The zero-order chi connectivity index (χ0) is 17.4. The van der Waals surface area contributed by atoms with Gasteiger partial charge in [0.1, 0.15) is 0 Å². The molecule has 1 fully saturated rings. The summed E-state index contributed by atoms with van der Waals surface area (Å²) in [6, 6.07) is 3.72. The van der Waals surface area contributed by atoms with Crippen LogP contribution in [0.4, 0.5) is 13.2 Å². The van der Waals surface area contributed by atoms with Gasteiger partial charge in [-0.05, 0) is 25.0 Å². The van der Waals surface area contributed by atoms with Gasteiger partial charge in [-0.1, -0.05) is 0 Å². The van der Waals surface area contributed by atoms with E-state index >= 15 is 0 Å². The highest BCUT2D eigenvalue weighted by molar-refractivity contribution is 5.61. The van der Waals surface area contributed by atoms with Crippen LogP contribution in [0.2, 0.25) is 0 Å². The number of nitrogens with zero attached hydrogens (tertiary/aromatic N) is 4. The summed E-state index contributed by atoms with van der Waals surface area (Å²) in [6.45, 7) is 0.876. The van der Waals surface area contributed by atoms with Gasteiger partial charge in [0.15, 0.2) is 5.60 Å². The number of aliphatic hydroxyl groups is 1. The average molecular weight is 340 g/mol. The van der Waals surface area contributed by atoms with Gasteiger partial charge in [-0.25, -0.2) is 0 Å². The Morgan fingerprint density at radius 2 is 2.00 bits per heavy atom. The van der Waals surface area contributed by atoms with E-state index in [9.17, 15) is 18.3 Å². The van der Waals surface area contributed by atoms with E-state index in [1.54, 1.807) is 17.1 Å². The highest BCUT2D eigenvalue weighted by atomic mass is 19.4. The van der Waals surface area contributed by atoms with Crippen molar-refractivity contribution in [3.05, 3.63) is 36.3 Å². The van der Waals surface area contributed by atoms with Crippen LogP contribution in [0, 0.1) is 0 Å². The first kappa shape index (κ1) is 16.9. The fraction of sp³-hybridized carbons (Fsp3) is 0.500. The number of alkyl halides is 3. The second kappa shape index (κ2) is 6.18. The molecule has 0 aromatic carbocycles. The lowest BCUT2D eigenvalue weighted by atomic mass is 9.90. The van der Waals surface area contributed by atoms with Crippen LogP contribution < -0.4 is 0 Å². The van der Waals surface area contributed by atoms with Crippen LogP contribution >= 0.6 is 0 Å². The molecule has 1 aliphatic heterocycles. The van der Waals surface area contributed by atoms with Gasteiger partial charge in [-0.2, -0.15) is 18.3 Å². The number of aryl methyl sites for hydroxylation is 1. The topological polar surface area (TPSA) is 54.2 Å². The average Bonchev–Trinajstić information content (AvgIpc) is 2.90. The van der Waals surface area contributed by atoms with Gasteiger partial charge in [0.05, 0.1) is 5.69 Å². The third-order valence-corrected chi connectivity index (χ3v) is 4.44. The summed E-state index contributed by atoms with van der Waals surface area (Å²) in [5, 5.41) is 14.2. The number of aromatic nitrogens is 3. The fourth-order valence-electron chi connectivity index (χ4n) is 3.00. The maximum absolute atomic E-state index is 12.9. The van der Waals surface area contributed by atoms with E-state index in [1.807, 2.05) is 30.3 Å². The van der Waals surface area contributed by atoms with Crippen LogP contribution in [0.3, 0.4) is 0 Å². The molecule has 0 spiro atoms. The normalized spacial score (nSPS) is 18.7. The van der Waals surface area contributed by atoms with Crippen molar-refractivity contribution in [3.63, 3.8) is 0 Å². The van der Waals surface area contributed by atoms with E-state index in [4.69, 9.17) is 0 Å². The first-order valence-corrected chi connectivity index (χ1v) is 7.73. The maximum atomic E-state index is 12.9. The van der Waals surface area contributed by atoms with E-state index in [2.05, 4.69) is 10.1 Å². The molecule has 0 saturated carbocycles. The minimum Gasteiger partial charge on any atom is -0.380 e. The first-order chi connectivity index (χ1) is 11.3. The summed E-state index contributed by atoms with van der Waals surface area (Å²) in [7, 11) is 1.81. The Morgan fingerprint density at radius 1 is 1.29 bits per heavy atom. The van der Waals surface area contributed by atoms with Crippen molar-refractivity contribution in [2.45, 2.75) is 31.2 Å². The molecule has 2 aromatic heterocycles. The van der Waals surface area contributed by atoms with Gasteiger partial charge in [0.2, 0.25) is 0 Å². The minimum atomic E-state index is -4.58. The van der Waals surface area contributed by atoms with E-state index in [-0.39, 0.29) is 25.9 Å². The van der Waals surface area contributed by atoms with Gasteiger partial charge in [-0.15, -0.1) is 0 Å². The van der Waals surface area contributed by atoms with Crippen molar-refractivity contribution in [1.82, 2.24) is 19.7 Å². The van der Waals surface area contributed by atoms with Gasteiger partial charge in [0.25, 0.3) is 0 Å². The quantitative estimate of drug-likeness (QED) is 0.932. The third-order valence-electron chi connectivity index (χ3n) is 4.44. The van der Waals surface area contributed by atoms with Crippen LogP contribution in [0.25, 0.3) is 11.3 Å². The predicted molar refractivity (Wildman–Crippen MR) is 82.0 cm³/mol. The molecular weight excluding hydrogens is 321 g/mol. The first-order valence-electron chi connectivity index (χ1n) is 7.73. The molecule has 5 nitrogen and oxygen atoms in total. The molecule has 8 heteroatoms. The van der Waals surface area contributed by atoms with Crippen LogP contribution in [-0.4, -0.2) is 49.6 Å². The molecule has 0 aliphatic carbocycles. The maximum Gasteiger partial charge on any atom is 0.417 e. The molecule has 3 heterocycles. The summed E-state index contributed by atoms with van der Waals surface area (Å²) in [4.78, 5) is 6.00. The van der Waals surface area contributed by atoms with E-state index in [0.717, 1.165) is 16.8 Å². The third kappa shape index (κ3) is 3.29. The van der Waals surface area contributed by atoms with Crippen molar-refractivity contribution >= 4 is 0 Å². The Hall–Kier alpha value is -1.93. The number of pyridine rings is 1. The molecule has 2 aromatic rings. The van der Waals surface area contributed by atoms with Crippen molar-refractivity contribution in [2.75, 3.05) is 13.1 Å². The monoisotopic (exact) mass is 340 g/mol.